The number of thiazole rings is 1. The molecule has 2 amide bonds. The molecule has 1 aromatic heterocycles. The van der Waals surface area contributed by atoms with Crippen molar-refractivity contribution in [1.29, 1.82) is 0 Å². The molecule has 0 saturated carbocycles. The minimum Gasteiger partial charge on any atom is -0.489 e. The zero-order valence-corrected chi connectivity index (χ0v) is 22.3. The van der Waals surface area contributed by atoms with E-state index in [-0.39, 0.29) is 22.9 Å². The summed E-state index contributed by atoms with van der Waals surface area (Å²) in [6.07, 6.45) is 0. The van der Waals surface area contributed by atoms with Gasteiger partial charge < -0.3 is 9.72 Å². The molecule has 6 rings (SSSR count). The van der Waals surface area contributed by atoms with Crippen LogP contribution in [0.2, 0.25) is 5.02 Å². The third kappa shape index (κ3) is 4.52. The molecule has 9 nitrogen and oxygen atoms in total. The van der Waals surface area contributed by atoms with E-state index in [0.29, 0.717) is 26.2 Å². The molecule has 2 aliphatic heterocycles. The van der Waals surface area contributed by atoms with E-state index in [0.717, 1.165) is 33.6 Å². The van der Waals surface area contributed by atoms with Gasteiger partial charge in [-0.25, -0.2) is 4.90 Å². The van der Waals surface area contributed by atoms with Gasteiger partial charge in [0.05, 0.1) is 21.6 Å². The summed E-state index contributed by atoms with van der Waals surface area (Å²) in [5.41, 5.74) is 1.65. The smallest absolute Gasteiger partial charge is 0.305 e. The maximum Gasteiger partial charge on any atom is 0.305 e. The van der Waals surface area contributed by atoms with Crippen LogP contribution in [0.15, 0.2) is 82.6 Å². The van der Waals surface area contributed by atoms with Gasteiger partial charge in [0.15, 0.2) is 0 Å². The van der Waals surface area contributed by atoms with E-state index in [2.05, 4.69) is 4.98 Å². The molecule has 2 aliphatic rings. The van der Waals surface area contributed by atoms with Crippen LogP contribution in [0.5, 0.6) is 5.75 Å². The van der Waals surface area contributed by atoms with Crippen molar-refractivity contribution in [2.24, 2.45) is 5.92 Å². The van der Waals surface area contributed by atoms with Crippen molar-refractivity contribution in [2.45, 2.75) is 22.8 Å². The van der Waals surface area contributed by atoms with E-state index in [1.807, 2.05) is 30.3 Å². The van der Waals surface area contributed by atoms with Crippen LogP contribution in [0.1, 0.15) is 21.9 Å². The number of aromatic nitrogens is 1. The van der Waals surface area contributed by atoms with Gasteiger partial charge in [0, 0.05) is 33.5 Å². The van der Waals surface area contributed by atoms with Crippen molar-refractivity contribution >= 4 is 57.9 Å². The molecular weight excluding hydrogens is 562 g/mol. The van der Waals surface area contributed by atoms with E-state index in [4.69, 9.17) is 16.3 Å². The number of para-hydroxylation sites is 1. The number of carbonyl (C=O) groups is 2. The van der Waals surface area contributed by atoms with Gasteiger partial charge in [-0.2, -0.15) is 0 Å². The number of benzene rings is 3. The monoisotopic (exact) mass is 579 g/mol. The Morgan fingerprint density at radius 3 is 2.51 bits per heavy atom. The standard InChI is InChI=1S/C27H18ClN3O6S2/c28-15-5-3-4-14(12-15)13-37-19-7-2-1-6-18(19)20-21-23(38-24-22(20)39-27(34)29-24)26(33)30(25(21)32)16-8-10-17(11-9-16)31(35)36/h1-12,20-21,23H,13H2,(H,29,34)/t20-,21-,23+/m0/s1. The molecule has 3 heterocycles. The van der Waals surface area contributed by atoms with Crippen LogP contribution in [0, 0.1) is 16.0 Å². The van der Waals surface area contributed by atoms with Crippen LogP contribution >= 0.6 is 34.7 Å². The number of aromatic amines is 1. The number of amides is 2. The Morgan fingerprint density at radius 1 is 1.00 bits per heavy atom. The van der Waals surface area contributed by atoms with Crippen LogP contribution in [0.25, 0.3) is 0 Å². The zero-order valence-electron chi connectivity index (χ0n) is 19.9. The fraction of sp³-hybridized carbons (Fsp3) is 0.148. The Labute approximate surface area is 234 Å². The van der Waals surface area contributed by atoms with E-state index >= 15 is 0 Å². The van der Waals surface area contributed by atoms with Crippen molar-refractivity contribution in [1.82, 2.24) is 4.98 Å². The van der Waals surface area contributed by atoms with Crippen molar-refractivity contribution in [3.63, 3.8) is 0 Å². The minimum absolute atomic E-state index is 0.145. The Kier molecular flexibility index (Phi) is 6.49. The summed E-state index contributed by atoms with van der Waals surface area (Å²) in [4.78, 5) is 54.7. The lowest BCUT2D eigenvalue weighted by molar-refractivity contribution is -0.384. The minimum atomic E-state index is -0.812. The van der Waals surface area contributed by atoms with Crippen LogP contribution in [-0.2, 0) is 16.2 Å². The number of nitro groups is 1. The molecule has 12 heteroatoms. The number of hydrogen-bond donors (Lipinski definition) is 1. The predicted octanol–water partition coefficient (Wildman–Crippen LogP) is 5.37. The molecule has 0 radical (unpaired) electrons. The lowest BCUT2D eigenvalue weighted by Crippen LogP contribution is -2.32. The Bertz CT molecular complexity index is 1690. The van der Waals surface area contributed by atoms with Crippen molar-refractivity contribution in [2.75, 3.05) is 4.90 Å². The topological polar surface area (TPSA) is 123 Å². The lowest BCUT2D eigenvalue weighted by Gasteiger charge is -2.30. The number of fused-ring (bicyclic) bond motifs is 2. The number of nitrogens with one attached hydrogen (secondary N) is 1. The van der Waals surface area contributed by atoms with Gasteiger partial charge in [-0.3, -0.25) is 24.5 Å². The van der Waals surface area contributed by atoms with Crippen LogP contribution in [0.3, 0.4) is 0 Å². The van der Waals surface area contributed by atoms with Crippen molar-refractivity contribution in [3.8, 4) is 5.75 Å². The summed E-state index contributed by atoms with van der Waals surface area (Å²) >= 11 is 8.29. The third-order valence-corrected chi connectivity index (χ3v) is 9.32. The highest BCUT2D eigenvalue weighted by Gasteiger charge is 2.56. The molecule has 1 fully saturated rings. The van der Waals surface area contributed by atoms with Gasteiger partial charge in [0.25, 0.3) is 5.69 Å². The van der Waals surface area contributed by atoms with Crippen LogP contribution in [0.4, 0.5) is 11.4 Å². The van der Waals surface area contributed by atoms with E-state index in [1.165, 1.54) is 24.3 Å². The third-order valence-electron chi connectivity index (χ3n) is 6.68. The highest BCUT2D eigenvalue weighted by molar-refractivity contribution is 8.00. The number of hydrogen-bond acceptors (Lipinski definition) is 8. The van der Waals surface area contributed by atoms with Gasteiger partial charge in [-0.05, 0) is 35.9 Å². The average molecular weight is 580 g/mol. The average Bonchev–Trinajstić information content (AvgIpc) is 3.42. The first-order valence-electron chi connectivity index (χ1n) is 11.8. The summed E-state index contributed by atoms with van der Waals surface area (Å²) in [5, 5.41) is 11.4. The number of nitro benzene ring substituents is 1. The largest absolute Gasteiger partial charge is 0.489 e. The zero-order chi connectivity index (χ0) is 27.3. The Morgan fingerprint density at radius 2 is 1.77 bits per heavy atom. The van der Waals surface area contributed by atoms with Gasteiger partial charge in [-0.1, -0.05) is 65.0 Å². The van der Waals surface area contributed by atoms with Gasteiger partial charge in [0.2, 0.25) is 11.8 Å². The number of anilines is 1. The highest BCUT2D eigenvalue weighted by atomic mass is 35.5. The molecule has 3 aromatic carbocycles. The molecule has 0 aliphatic carbocycles. The first-order chi connectivity index (χ1) is 18.8. The number of rotatable bonds is 6. The molecule has 0 unspecified atom stereocenters. The molecule has 39 heavy (non-hydrogen) atoms. The van der Waals surface area contributed by atoms with E-state index in [1.54, 1.807) is 18.2 Å². The summed E-state index contributed by atoms with van der Waals surface area (Å²) < 4.78 is 6.19. The SMILES string of the molecule is O=C1[C@H]2[C@H](c3ccccc3OCc3cccc(Cl)c3)c3sc(=O)[nH]c3S[C@H]2C(=O)N1c1ccc([N+](=O)[O-])cc1. The highest BCUT2D eigenvalue weighted by Crippen LogP contribution is 2.54. The fourth-order valence-electron chi connectivity index (χ4n) is 4.99. The fourth-order valence-corrected chi connectivity index (χ4v) is 7.71. The number of H-pyrrole nitrogens is 1. The molecule has 3 atom stereocenters. The molecule has 0 bridgehead atoms. The molecule has 1 saturated heterocycles. The summed E-state index contributed by atoms with van der Waals surface area (Å²) in [5.74, 6) is -1.79. The number of nitrogens with zero attached hydrogens (tertiary/aromatic N) is 2. The Hall–Kier alpha value is -3.93. The normalized spacial score (nSPS) is 20.0. The second kappa shape index (κ2) is 9.99. The number of non-ortho nitro benzene ring substituents is 1. The molecular formula is C27H18ClN3O6S2. The van der Waals surface area contributed by atoms with Gasteiger partial charge in [0.1, 0.15) is 17.6 Å². The quantitative estimate of drug-likeness (QED) is 0.185. The number of ether oxygens (including phenoxy) is 1. The first-order valence-corrected chi connectivity index (χ1v) is 13.9. The summed E-state index contributed by atoms with van der Waals surface area (Å²) in [6, 6.07) is 19.9. The lowest BCUT2D eigenvalue weighted by atomic mass is 9.82. The maximum absolute atomic E-state index is 13.9. The van der Waals surface area contributed by atoms with Crippen LogP contribution in [-0.4, -0.2) is 27.0 Å². The van der Waals surface area contributed by atoms with Crippen molar-refractivity contribution < 1.29 is 19.2 Å². The second-order valence-electron chi connectivity index (χ2n) is 8.99. The number of carbonyl (C=O) groups excluding carboxylic acids is 2. The second-order valence-corrected chi connectivity index (χ2v) is 11.6. The maximum atomic E-state index is 13.9. The van der Waals surface area contributed by atoms with Gasteiger partial charge in [-0.15, -0.1) is 0 Å². The summed E-state index contributed by atoms with van der Waals surface area (Å²) in [7, 11) is 0. The Balaban J connectivity index is 1.40. The molecule has 0 spiro atoms. The number of thioether (sulfide) groups is 1. The number of imide groups is 1. The number of halogens is 1. The summed E-state index contributed by atoms with van der Waals surface area (Å²) in [6.45, 7) is 0.227. The van der Waals surface area contributed by atoms with Crippen LogP contribution < -0.4 is 14.5 Å². The molecule has 196 valence electrons. The van der Waals surface area contributed by atoms with Crippen molar-refractivity contribution in [3.05, 3.63) is 114 Å². The molecule has 4 aromatic rings. The van der Waals surface area contributed by atoms with Gasteiger partial charge >= 0.3 is 4.87 Å². The first kappa shape index (κ1) is 25.4. The predicted molar refractivity (Wildman–Crippen MR) is 148 cm³/mol. The van der Waals surface area contributed by atoms with E-state index < -0.39 is 33.8 Å². The molecule has 1 N–H and O–H groups in total. The van der Waals surface area contributed by atoms with E-state index in [9.17, 15) is 24.5 Å².